The van der Waals surface area contributed by atoms with Gasteiger partial charge in [-0.3, -0.25) is 28.9 Å². The van der Waals surface area contributed by atoms with Crippen molar-refractivity contribution < 1.29 is 59.2 Å². The smallest absolute Gasteiger partial charge is 0.326 e. The van der Waals surface area contributed by atoms with Gasteiger partial charge in [-0.25, -0.2) is 15.0 Å². The number of hydrogen-bond acceptors (Lipinski definition) is 19. The number of benzene rings is 9. The first-order chi connectivity index (χ1) is 58.2. The molecule has 7 heterocycles. The molecule has 16 rings (SSSR count). The monoisotopic (exact) mass is 1610 g/mol. The van der Waals surface area contributed by atoms with Crippen LogP contribution in [0.3, 0.4) is 0 Å². The molecule has 4 fully saturated rings. The third kappa shape index (κ3) is 22.5. The number of nitrogens with zero attached hydrogens (tertiary/aromatic N) is 6. The maximum atomic E-state index is 13.4. The summed E-state index contributed by atoms with van der Waals surface area (Å²) in [6.07, 6.45) is -2.31. The van der Waals surface area contributed by atoms with Crippen LogP contribution in [0.2, 0.25) is 0 Å². The van der Waals surface area contributed by atoms with Gasteiger partial charge in [-0.2, -0.15) is 15.2 Å². The molecule has 24 nitrogen and oxygen atoms in total. The van der Waals surface area contributed by atoms with Crippen molar-refractivity contribution in [3.05, 3.63) is 303 Å². The number of rotatable bonds is 21. The molecule has 2 amide bonds. The van der Waals surface area contributed by atoms with Crippen LogP contribution in [0, 0.1) is 74.0 Å². The molecular formula is C96H102N12O12. The van der Waals surface area contributed by atoms with Gasteiger partial charge in [0.25, 0.3) is 0 Å². The van der Waals surface area contributed by atoms with Crippen molar-refractivity contribution in [2.24, 2.45) is 23.5 Å². The Bertz CT molecular complexity index is 5270. The summed E-state index contributed by atoms with van der Waals surface area (Å²) in [4.78, 5) is 80.0. The normalized spacial score (nSPS) is 20.1. The van der Waals surface area contributed by atoms with E-state index >= 15 is 0 Å². The van der Waals surface area contributed by atoms with Crippen molar-refractivity contribution >= 4 is 50.9 Å². The van der Waals surface area contributed by atoms with Crippen LogP contribution in [-0.2, 0) is 72.5 Å². The fourth-order valence-corrected chi connectivity index (χ4v) is 14.9. The number of aliphatic hydroxyl groups is 5. The van der Waals surface area contributed by atoms with E-state index in [-0.39, 0.29) is 36.9 Å². The minimum atomic E-state index is -0.854. The van der Waals surface area contributed by atoms with Crippen LogP contribution in [0.1, 0.15) is 105 Å². The number of nitrogens with two attached hydrogens (primary N) is 1. The number of carbonyl (C=O) groups is 3. The first-order valence-corrected chi connectivity index (χ1v) is 40.6. The number of aromatic amines is 3. The molecule has 0 bridgehead atoms. The minimum Gasteiger partial charge on any atom is -0.464 e. The quantitative estimate of drug-likeness (QED) is 0.0235. The largest absolute Gasteiger partial charge is 0.464 e. The second-order valence-corrected chi connectivity index (χ2v) is 30.6. The molecule has 12 N–H and O–H groups in total. The average Bonchev–Trinajstić information content (AvgIpc) is 1.63. The number of esters is 1. The van der Waals surface area contributed by atoms with Crippen LogP contribution in [0.25, 0.3) is 33.1 Å². The Kier molecular flexibility index (Phi) is 29.4. The maximum Gasteiger partial charge on any atom is 0.326 e. The van der Waals surface area contributed by atoms with Crippen LogP contribution in [-0.4, -0.2) is 183 Å². The van der Waals surface area contributed by atoms with E-state index in [9.17, 15) is 39.9 Å². The Morgan fingerprint density at radius 2 is 0.742 bits per heavy atom. The second kappa shape index (κ2) is 41.1. The Balaban J connectivity index is 0.000000147. The van der Waals surface area contributed by atoms with Gasteiger partial charge in [0, 0.05) is 77.6 Å². The number of aryl methyl sites for hydroxylation is 3. The molecule has 24 heteroatoms. The highest BCUT2D eigenvalue weighted by molar-refractivity contribution is 5.83. The van der Waals surface area contributed by atoms with E-state index in [4.69, 9.17) is 25.0 Å². The summed E-state index contributed by atoms with van der Waals surface area (Å²) < 4.78 is 5.18. The number of fused-ring (bicyclic) bond motifs is 4. The van der Waals surface area contributed by atoms with Crippen LogP contribution in [0.4, 0.5) is 0 Å². The number of para-hydroxylation sites is 6. The predicted molar refractivity (Wildman–Crippen MR) is 459 cm³/mol. The zero-order valence-corrected chi connectivity index (χ0v) is 68.1. The molecular weight excluding hydrogens is 1510 g/mol. The fraction of sp³-hybridized carbons (Fsp3) is 0.312. The first-order valence-electron chi connectivity index (χ1n) is 40.6. The van der Waals surface area contributed by atoms with Crippen LogP contribution >= 0.6 is 0 Å². The molecule has 0 spiro atoms. The molecule has 618 valence electrons. The van der Waals surface area contributed by atoms with Gasteiger partial charge < -0.3 is 61.6 Å². The van der Waals surface area contributed by atoms with Crippen molar-refractivity contribution in [3.63, 3.8) is 0 Å². The summed E-state index contributed by atoms with van der Waals surface area (Å²) in [7, 11) is 0. The van der Waals surface area contributed by atoms with Crippen molar-refractivity contribution in [2.75, 3.05) is 39.5 Å². The van der Waals surface area contributed by atoms with Gasteiger partial charge >= 0.3 is 5.97 Å². The number of amides is 2. The zero-order chi connectivity index (χ0) is 84.2. The van der Waals surface area contributed by atoms with E-state index in [0.717, 1.165) is 107 Å². The summed E-state index contributed by atoms with van der Waals surface area (Å²) in [5, 5.41) is 61.6. The molecule has 0 saturated carbocycles. The third-order valence-corrected chi connectivity index (χ3v) is 21.3. The van der Waals surface area contributed by atoms with E-state index in [0.29, 0.717) is 58.7 Å². The molecule has 12 aromatic rings. The molecule has 4 saturated heterocycles. The first kappa shape index (κ1) is 85.9. The summed E-state index contributed by atoms with van der Waals surface area (Å²) in [5.74, 6) is 19.5. The molecule has 3 aromatic heterocycles. The Labute approximate surface area is 698 Å². The van der Waals surface area contributed by atoms with Crippen LogP contribution < -0.4 is 16.4 Å². The number of cyclic esters (lactones) is 1. The number of carbonyl (C=O) groups excluding carboxylic acids is 3. The standard InChI is InChI=1S/2C32H34N4O4.C23H23NO4.C9H11N3/c2*1-21-7-9-23(10-8-21)11-12-24-13-15-25(16-14-24)19-36-30(26(20-37)31(40-36)22(2)38)32(39)33-18-17-29-34-27-5-3-4-6-28(27)35-29;1-15-3-5-17(6-4-15)7-8-18-9-11-19(12-10-18)13-24-21-20(14-27-23(21)26)22(28-24)16(2)25;10-6-5-9-11-7-3-1-2-4-8(7)12-9/h2*3-10,13-16,22,26,30-31,37-38H,17-20H2,1-2H3,(H,33,39)(H,34,35);3-6,9-12,16,20-22,25H,13-14H2,1-2H3;1-4H,5-6,10H2,(H,11,12)/t2*22-,26-,30-,31-;16-,20-,21-,22-;/m000./s1. The summed E-state index contributed by atoms with van der Waals surface area (Å²) in [5.41, 5.74) is 23.2. The van der Waals surface area contributed by atoms with Crippen molar-refractivity contribution in [1.82, 2.24) is 55.7 Å². The average molecular weight is 1620 g/mol. The van der Waals surface area contributed by atoms with Gasteiger partial charge in [0.2, 0.25) is 11.8 Å². The highest BCUT2D eigenvalue weighted by atomic mass is 16.7. The van der Waals surface area contributed by atoms with Crippen LogP contribution in [0.5, 0.6) is 0 Å². The van der Waals surface area contributed by atoms with Gasteiger partial charge in [0.1, 0.15) is 53.9 Å². The molecule has 0 aliphatic carbocycles. The summed E-state index contributed by atoms with van der Waals surface area (Å²) in [6.45, 7) is 13.2. The number of hydroxylamine groups is 6. The lowest BCUT2D eigenvalue weighted by Gasteiger charge is -2.24. The highest BCUT2D eigenvalue weighted by Gasteiger charge is 2.54. The zero-order valence-electron chi connectivity index (χ0n) is 68.1. The number of aliphatic hydroxyl groups excluding tert-OH is 5. The summed E-state index contributed by atoms with van der Waals surface area (Å²) >= 11 is 0. The predicted octanol–water partition coefficient (Wildman–Crippen LogP) is 9.70. The van der Waals surface area contributed by atoms with E-state index in [2.05, 4.69) is 83.0 Å². The molecule has 9 aromatic carbocycles. The molecule has 4 aliphatic rings. The lowest BCUT2D eigenvalue weighted by molar-refractivity contribution is -0.202. The van der Waals surface area contributed by atoms with Gasteiger partial charge in [0.05, 0.1) is 96.8 Å². The minimum absolute atomic E-state index is 0.132. The van der Waals surface area contributed by atoms with Crippen LogP contribution in [0.15, 0.2) is 218 Å². The van der Waals surface area contributed by atoms with Gasteiger partial charge in [-0.15, -0.1) is 0 Å². The van der Waals surface area contributed by atoms with Crippen molar-refractivity contribution in [1.29, 1.82) is 0 Å². The SMILES string of the molecule is Cc1ccc(C#Cc2ccc(CN3O[C@@H]([C@H](C)O)[C@@H](CO)[C@H]3C(=O)NCCc3nc4ccccc4[nH]3)cc2)cc1.Cc1ccc(C#Cc2ccc(CN3O[C@@H]([C@H](C)O)[C@@H](CO)[C@H]3C(=O)NCCc3nc4ccccc4[nH]3)cc2)cc1.Cc1ccc(C#Cc2ccc(CN3O[C@@H]([C@H](C)O)[C@H]4COC(=O)[C@H]43)cc2)cc1.NCCc1nc2ccccc2[nH]1. The number of H-pyrrole nitrogens is 3. The van der Waals surface area contributed by atoms with Gasteiger partial charge in [-0.1, -0.05) is 161 Å². The van der Waals surface area contributed by atoms with Gasteiger partial charge in [0.15, 0.2) is 0 Å². The van der Waals surface area contributed by atoms with E-state index in [1.165, 1.54) is 16.7 Å². The topological polar surface area (TPSA) is 335 Å². The highest BCUT2D eigenvalue weighted by Crippen LogP contribution is 2.37. The fourth-order valence-electron chi connectivity index (χ4n) is 14.9. The molecule has 12 atom stereocenters. The molecule has 0 unspecified atom stereocenters. The van der Waals surface area contributed by atoms with Crippen molar-refractivity contribution in [3.8, 4) is 35.5 Å². The lowest BCUT2D eigenvalue weighted by Crippen LogP contribution is -2.48. The van der Waals surface area contributed by atoms with E-state index < -0.39 is 66.6 Å². The Morgan fingerprint density at radius 1 is 0.442 bits per heavy atom. The number of hydrogen-bond donors (Lipinski definition) is 11. The number of aromatic nitrogens is 6. The van der Waals surface area contributed by atoms with Gasteiger partial charge in [-0.05, 0) is 174 Å². The second-order valence-electron chi connectivity index (χ2n) is 30.6. The van der Waals surface area contributed by atoms with E-state index in [1.54, 1.807) is 36.0 Å². The molecule has 0 radical (unpaired) electrons. The number of imidazole rings is 3. The molecule has 120 heavy (non-hydrogen) atoms. The Hall–Kier alpha value is -12.0. The summed E-state index contributed by atoms with van der Waals surface area (Å²) in [6, 6.07) is 69.2. The van der Waals surface area contributed by atoms with Crippen molar-refractivity contribution in [2.45, 2.75) is 135 Å². The van der Waals surface area contributed by atoms with E-state index in [1.807, 2.05) is 232 Å². The number of ether oxygens (including phenoxy) is 1. The third-order valence-electron chi connectivity index (χ3n) is 21.3. The lowest BCUT2D eigenvalue weighted by atomic mass is 9.92. The molecule has 4 aliphatic heterocycles. The Morgan fingerprint density at radius 3 is 1.05 bits per heavy atom. The maximum absolute atomic E-state index is 13.4. The number of nitrogens with one attached hydrogen (secondary N) is 5.